The van der Waals surface area contributed by atoms with Crippen molar-refractivity contribution in [1.29, 1.82) is 0 Å². The maximum Gasteiger partial charge on any atom is 0.367 e. The van der Waals surface area contributed by atoms with Gasteiger partial charge in [-0.3, -0.25) is 9.69 Å². The topological polar surface area (TPSA) is 18.5 Å². The lowest BCUT2D eigenvalue weighted by molar-refractivity contribution is -0.184. The first kappa shape index (κ1) is 7.57. The van der Waals surface area contributed by atoms with Crippen LogP contribution in [0.5, 0.6) is 0 Å². The zero-order chi connectivity index (χ0) is 7.23. The molecule has 0 spiro atoms. The molecule has 1 heterocycles. The van der Waals surface area contributed by atoms with Crippen LogP contribution in [0, 0.1) is 0 Å². The van der Waals surface area contributed by atoms with Crippen LogP contribution in [0.1, 0.15) is 6.92 Å². The molecule has 2 nitrogen and oxygen atoms in total. The smallest absolute Gasteiger partial charge is 0.299 e. The molecule has 1 fully saturated rings. The molecular formula is C7H11BO2. The average Bonchev–Trinajstić information content (AvgIpc) is 2.41. The summed E-state index contributed by atoms with van der Waals surface area (Å²) in [5.41, 5.74) is 0. The molecule has 54 valence electrons. The van der Waals surface area contributed by atoms with Gasteiger partial charge in [-0.05, 0) is 13.2 Å². The van der Waals surface area contributed by atoms with Crippen molar-refractivity contribution >= 4 is 6.92 Å². The van der Waals surface area contributed by atoms with Gasteiger partial charge in [-0.1, -0.05) is 24.2 Å². The summed E-state index contributed by atoms with van der Waals surface area (Å²) >= 11 is 0. The number of rotatable bonds is 2. The van der Waals surface area contributed by atoms with E-state index in [0.717, 1.165) is 6.32 Å². The molecular weight excluding hydrogens is 127 g/mol. The Morgan fingerprint density at radius 2 is 2.30 bits per heavy atom. The molecule has 0 atom stereocenters. The monoisotopic (exact) mass is 138 g/mol. The average molecular weight is 138 g/mol. The predicted molar refractivity (Wildman–Crippen MR) is 41.6 cm³/mol. The molecule has 1 aliphatic rings. The van der Waals surface area contributed by atoms with Crippen molar-refractivity contribution in [2.24, 2.45) is 0 Å². The molecule has 1 rings (SSSR count). The Kier molecular flexibility index (Phi) is 3.26. The summed E-state index contributed by atoms with van der Waals surface area (Å²) in [6, 6.07) is 0. The lowest BCUT2D eigenvalue weighted by atomic mass is 9.66. The van der Waals surface area contributed by atoms with Gasteiger partial charge >= 0.3 is 6.92 Å². The lowest BCUT2D eigenvalue weighted by Crippen LogP contribution is -2.04. The van der Waals surface area contributed by atoms with Crippen molar-refractivity contribution in [1.82, 2.24) is 0 Å². The molecule has 0 N–H and O–H groups in total. The predicted octanol–water partition coefficient (Wildman–Crippen LogP) is 1.61. The largest absolute Gasteiger partial charge is 0.367 e. The maximum atomic E-state index is 4.88. The van der Waals surface area contributed by atoms with E-state index in [4.69, 9.17) is 9.69 Å². The minimum atomic E-state index is 0.163. The third-order valence-corrected chi connectivity index (χ3v) is 1.31. The summed E-state index contributed by atoms with van der Waals surface area (Å²) in [7, 11) is 0. The highest BCUT2D eigenvalue weighted by molar-refractivity contribution is 6.57. The van der Waals surface area contributed by atoms with Gasteiger partial charge in [0.05, 0.1) is 6.61 Å². The fourth-order valence-electron chi connectivity index (χ4n) is 0.775. The van der Waals surface area contributed by atoms with Crippen LogP contribution in [0.15, 0.2) is 24.2 Å². The molecule has 0 aromatic carbocycles. The van der Waals surface area contributed by atoms with Crippen molar-refractivity contribution < 1.29 is 9.69 Å². The van der Waals surface area contributed by atoms with Gasteiger partial charge in [0.15, 0.2) is 0 Å². The van der Waals surface area contributed by atoms with Gasteiger partial charge in [-0.15, -0.1) is 0 Å². The summed E-state index contributed by atoms with van der Waals surface area (Å²) in [5.74, 6) is 1.99. The van der Waals surface area contributed by atoms with Gasteiger partial charge in [0.25, 0.3) is 0 Å². The third kappa shape index (κ3) is 2.37. The molecule has 0 aromatic heterocycles. The normalized spacial score (nSPS) is 19.9. The summed E-state index contributed by atoms with van der Waals surface area (Å²) in [6.45, 7) is 2.86. The van der Waals surface area contributed by atoms with E-state index >= 15 is 0 Å². The zero-order valence-electron chi connectivity index (χ0n) is 6.12. The highest BCUT2D eigenvalue weighted by Gasteiger charge is 2.18. The second-order valence-corrected chi connectivity index (χ2v) is 2.16. The van der Waals surface area contributed by atoms with Crippen LogP contribution >= 0.6 is 0 Å². The van der Waals surface area contributed by atoms with Crippen LogP contribution in [0.4, 0.5) is 0 Å². The summed E-state index contributed by atoms with van der Waals surface area (Å²) in [4.78, 5) is 9.59. The van der Waals surface area contributed by atoms with E-state index < -0.39 is 0 Å². The Morgan fingerprint density at radius 3 is 2.90 bits per heavy atom. The Labute approximate surface area is 61.6 Å². The molecule has 3 heteroatoms. The fourth-order valence-corrected chi connectivity index (χ4v) is 0.775. The van der Waals surface area contributed by atoms with Crippen LogP contribution in [-0.4, -0.2) is 13.5 Å². The van der Waals surface area contributed by atoms with Gasteiger partial charge in [0.2, 0.25) is 0 Å². The van der Waals surface area contributed by atoms with Crippen LogP contribution in [0.25, 0.3) is 0 Å². The maximum absolute atomic E-state index is 4.88. The molecule has 0 radical (unpaired) electrons. The minimum absolute atomic E-state index is 0.163. The van der Waals surface area contributed by atoms with Crippen LogP contribution in [-0.2, 0) is 9.69 Å². The number of hydrogen-bond donors (Lipinski definition) is 0. The van der Waals surface area contributed by atoms with Crippen molar-refractivity contribution in [3.05, 3.63) is 24.2 Å². The number of hydrogen-bond acceptors (Lipinski definition) is 2. The van der Waals surface area contributed by atoms with E-state index in [9.17, 15) is 0 Å². The first-order valence-corrected chi connectivity index (χ1v) is 3.51. The summed E-state index contributed by atoms with van der Waals surface area (Å²) in [5, 5.41) is 0. The summed E-state index contributed by atoms with van der Waals surface area (Å²) < 4.78 is 0. The van der Waals surface area contributed by atoms with Gasteiger partial charge in [0.1, 0.15) is 0 Å². The van der Waals surface area contributed by atoms with Gasteiger partial charge in [-0.2, -0.15) is 0 Å². The van der Waals surface area contributed by atoms with Crippen LogP contribution in [0.2, 0.25) is 6.32 Å². The molecule has 0 unspecified atom stereocenters. The Morgan fingerprint density at radius 1 is 1.40 bits per heavy atom. The third-order valence-electron chi connectivity index (χ3n) is 1.31. The zero-order valence-corrected chi connectivity index (χ0v) is 6.12. The van der Waals surface area contributed by atoms with E-state index in [2.05, 4.69) is 0 Å². The number of allylic oxidation sites excluding steroid dienone is 3. The van der Waals surface area contributed by atoms with Crippen molar-refractivity contribution in [3.63, 3.8) is 0 Å². The molecule has 0 saturated carbocycles. The second kappa shape index (κ2) is 4.31. The first-order chi connectivity index (χ1) is 4.93. The standard InChI is InChI=1S/C7H11BO2/c1-2-3-4-5-8-6-7-9-10-8/h2-5H,6-7H2,1H3/b3-2+,5-4+. The highest BCUT2D eigenvalue weighted by Crippen LogP contribution is 2.06. The first-order valence-electron chi connectivity index (χ1n) is 3.51. The molecule has 0 amide bonds. The van der Waals surface area contributed by atoms with E-state index in [0.29, 0.717) is 6.61 Å². The highest BCUT2D eigenvalue weighted by atomic mass is 17.2. The van der Waals surface area contributed by atoms with Gasteiger partial charge in [0, 0.05) is 0 Å². The second-order valence-electron chi connectivity index (χ2n) is 2.16. The molecule has 1 aliphatic heterocycles. The van der Waals surface area contributed by atoms with Crippen molar-refractivity contribution in [2.45, 2.75) is 13.2 Å². The van der Waals surface area contributed by atoms with Crippen molar-refractivity contribution in [2.75, 3.05) is 6.61 Å². The van der Waals surface area contributed by atoms with Crippen LogP contribution in [0.3, 0.4) is 0 Å². The minimum Gasteiger partial charge on any atom is -0.299 e. The van der Waals surface area contributed by atoms with E-state index in [1.165, 1.54) is 0 Å². The van der Waals surface area contributed by atoms with Crippen molar-refractivity contribution in [3.8, 4) is 0 Å². The van der Waals surface area contributed by atoms with E-state index in [-0.39, 0.29) is 6.92 Å². The SMILES string of the molecule is C/C=C/C=C/B1CCOO1. The molecule has 0 aliphatic carbocycles. The van der Waals surface area contributed by atoms with Gasteiger partial charge in [-0.25, -0.2) is 0 Å². The molecule has 0 bridgehead atoms. The van der Waals surface area contributed by atoms with Gasteiger partial charge < -0.3 is 0 Å². The Balaban J connectivity index is 2.22. The molecule has 1 saturated heterocycles. The molecule has 0 aromatic rings. The molecule has 10 heavy (non-hydrogen) atoms. The lowest BCUT2D eigenvalue weighted by Gasteiger charge is -1.90. The Bertz CT molecular complexity index is 137. The van der Waals surface area contributed by atoms with E-state index in [1.54, 1.807) is 0 Å². The summed E-state index contributed by atoms with van der Waals surface area (Å²) in [6.07, 6.45) is 6.89. The van der Waals surface area contributed by atoms with E-state index in [1.807, 2.05) is 31.1 Å². The van der Waals surface area contributed by atoms with Crippen LogP contribution < -0.4 is 0 Å². The fraction of sp³-hybridized carbons (Fsp3) is 0.429. The quantitative estimate of drug-likeness (QED) is 0.328. The Hall–Kier alpha value is -0.535.